The van der Waals surface area contributed by atoms with Gasteiger partial charge < -0.3 is 10.4 Å². The maximum Gasteiger partial charge on any atom is 0.252 e. The maximum absolute atomic E-state index is 12.8. The van der Waals surface area contributed by atoms with Crippen LogP contribution in [0.1, 0.15) is 38.1 Å². The van der Waals surface area contributed by atoms with Crippen molar-refractivity contribution in [1.29, 1.82) is 0 Å². The molecule has 0 amide bonds. The molecule has 1 aliphatic heterocycles. The van der Waals surface area contributed by atoms with Crippen LogP contribution in [0.3, 0.4) is 0 Å². The number of fused-ring (bicyclic) bond motifs is 1. The highest BCUT2D eigenvalue weighted by atomic mass is 32.2. The largest absolute Gasteiger partial charge is 0.393 e. The van der Waals surface area contributed by atoms with Crippen molar-refractivity contribution in [2.45, 2.75) is 50.3 Å². The molecule has 31 heavy (non-hydrogen) atoms. The van der Waals surface area contributed by atoms with Crippen molar-refractivity contribution in [2.24, 2.45) is 5.92 Å². The summed E-state index contributed by atoms with van der Waals surface area (Å²) in [5.41, 5.74) is 0.274. The lowest BCUT2D eigenvalue weighted by molar-refractivity contribution is 0.0878. The molecule has 0 spiro atoms. The summed E-state index contributed by atoms with van der Waals surface area (Å²) in [6.45, 7) is 0.886. The number of nitrogens with zero attached hydrogens (tertiary/aromatic N) is 4. The monoisotopic (exact) mass is 445 g/mol. The summed E-state index contributed by atoms with van der Waals surface area (Å²) in [5.74, 6) is 3.01. The van der Waals surface area contributed by atoms with Crippen LogP contribution in [0, 0.1) is 18.3 Å². The summed E-state index contributed by atoms with van der Waals surface area (Å²) in [6.07, 6.45) is 11.1. The summed E-state index contributed by atoms with van der Waals surface area (Å²) in [4.78, 5) is 21.8. The van der Waals surface area contributed by atoms with Crippen LogP contribution in [0.15, 0.2) is 23.1 Å². The second-order valence-electron chi connectivity index (χ2n) is 8.40. The van der Waals surface area contributed by atoms with Gasteiger partial charge in [-0.15, -0.1) is 12.3 Å². The molecule has 1 saturated carbocycles. The van der Waals surface area contributed by atoms with Crippen molar-refractivity contribution in [1.82, 2.24) is 18.8 Å². The Kier molecular flexibility index (Phi) is 6.01. The van der Waals surface area contributed by atoms with Crippen LogP contribution in [-0.4, -0.2) is 63.9 Å². The first-order chi connectivity index (χ1) is 14.8. The predicted molar refractivity (Wildman–Crippen MR) is 118 cm³/mol. The molecule has 3 heterocycles. The minimum Gasteiger partial charge on any atom is -0.393 e. The molecule has 1 saturated heterocycles. The van der Waals surface area contributed by atoms with Crippen molar-refractivity contribution in [3.8, 4) is 12.3 Å². The molecule has 4 rings (SSSR count). The first-order valence-corrected chi connectivity index (χ1v) is 12.3. The molecule has 3 atom stereocenters. The van der Waals surface area contributed by atoms with Gasteiger partial charge in [-0.1, -0.05) is 0 Å². The molecular weight excluding hydrogens is 418 g/mol. The van der Waals surface area contributed by atoms with E-state index >= 15 is 0 Å². The number of aromatic nitrogens is 3. The van der Waals surface area contributed by atoms with Crippen LogP contribution < -0.4 is 10.9 Å². The van der Waals surface area contributed by atoms with Gasteiger partial charge in [-0.3, -0.25) is 9.36 Å². The summed E-state index contributed by atoms with van der Waals surface area (Å²) in [7, 11) is -3.19. The Morgan fingerprint density at radius 2 is 1.97 bits per heavy atom. The van der Waals surface area contributed by atoms with E-state index < -0.39 is 16.1 Å². The highest BCUT2D eigenvalue weighted by Crippen LogP contribution is 2.34. The summed E-state index contributed by atoms with van der Waals surface area (Å²) < 4.78 is 26.5. The molecule has 0 aromatic carbocycles. The number of hydrogen-bond acceptors (Lipinski definition) is 7. The number of sulfonamides is 1. The summed E-state index contributed by atoms with van der Waals surface area (Å²) >= 11 is 0. The van der Waals surface area contributed by atoms with E-state index in [0.717, 1.165) is 0 Å². The zero-order valence-corrected chi connectivity index (χ0v) is 18.3. The normalized spacial score (nSPS) is 25.9. The zero-order chi connectivity index (χ0) is 22.2. The Hall–Kier alpha value is -2.48. The molecule has 2 N–H and O–H groups in total. The highest BCUT2D eigenvalue weighted by molar-refractivity contribution is 7.88. The number of aliphatic hydroxyl groups excluding tert-OH is 1. The lowest BCUT2D eigenvalue weighted by Crippen LogP contribution is -2.42. The molecule has 2 fully saturated rings. The van der Waals surface area contributed by atoms with Gasteiger partial charge in [0.05, 0.1) is 18.4 Å². The Bertz CT molecular complexity index is 1160. The van der Waals surface area contributed by atoms with Gasteiger partial charge in [-0.05, 0) is 38.2 Å². The van der Waals surface area contributed by atoms with E-state index in [4.69, 9.17) is 6.42 Å². The van der Waals surface area contributed by atoms with Crippen molar-refractivity contribution < 1.29 is 13.5 Å². The number of nitrogens with one attached hydrogen (secondary N) is 1. The van der Waals surface area contributed by atoms with Gasteiger partial charge in [0.15, 0.2) is 0 Å². The molecular formula is C21H27N5O4S. The van der Waals surface area contributed by atoms with Crippen molar-refractivity contribution >= 4 is 27.0 Å². The number of terminal acetylenes is 1. The van der Waals surface area contributed by atoms with Crippen LogP contribution in [0.4, 0.5) is 5.95 Å². The number of anilines is 1. The topological polar surface area (TPSA) is 117 Å². The van der Waals surface area contributed by atoms with Gasteiger partial charge in [-0.25, -0.2) is 17.7 Å². The Morgan fingerprint density at radius 1 is 1.23 bits per heavy atom. The van der Waals surface area contributed by atoms with E-state index in [1.165, 1.54) is 16.6 Å². The molecule has 2 aliphatic rings. The molecule has 1 aliphatic carbocycles. The fraction of sp³-hybridized carbons (Fsp3) is 0.571. The van der Waals surface area contributed by atoms with Crippen LogP contribution in [0.5, 0.6) is 0 Å². The smallest absolute Gasteiger partial charge is 0.252 e. The molecule has 166 valence electrons. The SMILES string of the molecule is C#C[C@H]1CC[C@@H](O)C[C@@H]1n1c(=O)ccc2cnc(NC3CCN(S(C)(=O)=O)CC3)nc21. The average molecular weight is 446 g/mol. The number of pyridine rings is 1. The fourth-order valence-electron chi connectivity index (χ4n) is 4.55. The molecule has 2 aromatic rings. The van der Waals surface area contributed by atoms with E-state index in [1.807, 2.05) is 0 Å². The highest BCUT2D eigenvalue weighted by Gasteiger charge is 2.32. The number of aliphatic hydroxyl groups is 1. The Morgan fingerprint density at radius 3 is 2.65 bits per heavy atom. The second kappa shape index (κ2) is 8.57. The molecule has 0 bridgehead atoms. The van der Waals surface area contributed by atoms with E-state index in [9.17, 15) is 18.3 Å². The summed E-state index contributed by atoms with van der Waals surface area (Å²) in [5, 5.41) is 14.2. The zero-order valence-electron chi connectivity index (χ0n) is 17.4. The van der Waals surface area contributed by atoms with Gasteiger partial charge in [0.2, 0.25) is 16.0 Å². The van der Waals surface area contributed by atoms with Crippen LogP contribution >= 0.6 is 0 Å². The first-order valence-electron chi connectivity index (χ1n) is 10.5. The van der Waals surface area contributed by atoms with Crippen LogP contribution in [-0.2, 0) is 10.0 Å². The number of piperidine rings is 1. The van der Waals surface area contributed by atoms with Crippen molar-refractivity contribution in [3.05, 3.63) is 28.7 Å². The second-order valence-corrected chi connectivity index (χ2v) is 10.4. The quantitative estimate of drug-likeness (QED) is 0.673. The summed E-state index contributed by atoms with van der Waals surface area (Å²) in [6, 6.07) is 2.88. The minimum absolute atomic E-state index is 0.0364. The van der Waals surface area contributed by atoms with E-state index in [1.54, 1.807) is 16.8 Å². The lowest BCUT2D eigenvalue weighted by Gasteiger charge is -2.33. The third kappa shape index (κ3) is 4.59. The first kappa shape index (κ1) is 21.7. The predicted octanol–water partition coefficient (Wildman–Crippen LogP) is 0.963. The molecule has 10 heteroatoms. The van der Waals surface area contributed by atoms with E-state index in [-0.39, 0.29) is 23.6 Å². The van der Waals surface area contributed by atoms with Gasteiger partial charge in [-0.2, -0.15) is 4.98 Å². The van der Waals surface area contributed by atoms with Gasteiger partial charge >= 0.3 is 0 Å². The molecule has 9 nitrogen and oxygen atoms in total. The molecule has 0 unspecified atom stereocenters. The van der Waals surface area contributed by atoms with Crippen LogP contribution in [0.2, 0.25) is 0 Å². The standard InChI is InChI=1S/C21H27N5O4S/c1-3-14-4-6-17(27)12-18(14)26-19(28)7-5-15-13-22-21(24-20(15)26)23-16-8-10-25(11-9-16)31(2,29)30/h1,5,7,13-14,16-18,27H,4,6,8-12H2,2H3,(H,22,23,24)/t14-,17+,18-/m0/s1. The van der Waals surface area contributed by atoms with Gasteiger partial charge in [0.25, 0.3) is 5.56 Å². The van der Waals surface area contributed by atoms with Crippen LogP contribution in [0.25, 0.3) is 11.0 Å². The minimum atomic E-state index is -3.19. The third-order valence-corrected chi connectivity index (χ3v) is 7.56. The Labute approximate surface area is 181 Å². The van der Waals surface area contributed by atoms with Gasteiger partial charge in [0, 0.05) is 42.7 Å². The maximum atomic E-state index is 12.8. The number of hydrogen-bond donors (Lipinski definition) is 2. The van der Waals surface area contributed by atoms with E-state index in [0.29, 0.717) is 62.2 Å². The van der Waals surface area contributed by atoms with E-state index in [2.05, 4.69) is 21.2 Å². The average Bonchev–Trinajstić information content (AvgIpc) is 2.73. The fourth-order valence-corrected chi connectivity index (χ4v) is 5.42. The molecule has 0 radical (unpaired) electrons. The number of rotatable bonds is 4. The third-order valence-electron chi connectivity index (χ3n) is 6.26. The Balaban J connectivity index is 1.62. The van der Waals surface area contributed by atoms with Crippen molar-refractivity contribution in [2.75, 3.05) is 24.7 Å². The lowest BCUT2D eigenvalue weighted by atomic mass is 9.83. The molecule has 2 aromatic heterocycles. The van der Waals surface area contributed by atoms with Crippen molar-refractivity contribution in [3.63, 3.8) is 0 Å². The van der Waals surface area contributed by atoms with Gasteiger partial charge in [0.1, 0.15) is 5.65 Å².